The maximum atomic E-state index is 12.2. The second kappa shape index (κ2) is 8.45. The van der Waals surface area contributed by atoms with Gasteiger partial charge in [-0.3, -0.25) is 10.1 Å². The fourth-order valence-corrected chi connectivity index (χ4v) is 3.40. The highest BCUT2D eigenvalue weighted by atomic mass is 35.5. The molecule has 2 aromatic rings. The molecule has 0 bridgehead atoms. The molecule has 0 atom stereocenters. The van der Waals surface area contributed by atoms with E-state index in [-0.39, 0.29) is 16.3 Å². The van der Waals surface area contributed by atoms with Crippen LogP contribution in [0.5, 0.6) is 5.75 Å². The number of benzene rings is 2. The lowest BCUT2D eigenvalue weighted by molar-refractivity contribution is -0.384. The minimum Gasteiger partial charge on any atom is -0.423 e. The average molecular weight is 405 g/mol. The van der Waals surface area contributed by atoms with Gasteiger partial charge >= 0.3 is 5.97 Å². The van der Waals surface area contributed by atoms with Crippen LogP contribution >= 0.6 is 23.8 Å². The first-order chi connectivity index (χ1) is 13.0. The van der Waals surface area contributed by atoms with E-state index in [9.17, 15) is 14.9 Å². The molecule has 0 aromatic heterocycles. The first-order valence-electron chi connectivity index (χ1n) is 8.51. The summed E-state index contributed by atoms with van der Waals surface area (Å²) < 4.78 is 5.29. The molecule has 3 rings (SSSR count). The molecule has 0 amide bonds. The van der Waals surface area contributed by atoms with Gasteiger partial charge < -0.3 is 9.64 Å². The van der Waals surface area contributed by atoms with Gasteiger partial charge in [-0.25, -0.2) is 4.79 Å². The fourth-order valence-electron chi connectivity index (χ4n) is 2.89. The Morgan fingerprint density at radius 3 is 2.33 bits per heavy atom. The molecule has 1 aliphatic rings. The average Bonchev–Trinajstić information content (AvgIpc) is 2.68. The topological polar surface area (TPSA) is 72.7 Å². The molecule has 0 saturated carbocycles. The largest absolute Gasteiger partial charge is 0.423 e. The van der Waals surface area contributed by atoms with Crippen molar-refractivity contribution in [3.05, 3.63) is 68.7 Å². The lowest BCUT2D eigenvalue weighted by atomic mass is 10.1. The van der Waals surface area contributed by atoms with Crippen molar-refractivity contribution in [1.29, 1.82) is 0 Å². The number of nitrogens with zero attached hydrogens (tertiary/aromatic N) is 2. The number of likely N-dealkylation sites (tertiary alicyclic amines) is 1. The van der Waals surface area contributed by atoms with E-state index >= 15 is 0 Å². The second-order valence-corrected chi connectivity index (χ2v) is 6.98. The molecule has 6 nitrogen and oxygen atoms in total. The van der Waals surface area contributed by atoms with Crippen molar-refractivity contribution in [3.8, 4) is 5.75 Å². The van der Waals surface area contributed by atoms with Gasteiger partial charge in [-0.05, 0) is 55.7 Å². The molecule has 1 saturated heterocycles. The Hall–Kier alpha value is -2.51. The summed E-state index contributed by atoms with van der Waals surface area (Å²) in [5, 5.41) is 10.9. The number of esters is 1. The number of thiocarbonyl (C=S) groups is 1. The number of halogens is 1. The van der Waals surface area contributed by atoms with Gasteiger partial charge in [0.1, 0.15) is 15.8 Å². The van der Waals surface area contributed by atoms with Crippen molar-refractivity contribution in [2.75, 3.05) is 13.1 Å². The number of rotatable bonds is 4. The third kappa shape index (κ3) is 4.61. The van der Waals surface area contributed by atoms with Gasteiger partial charge in [0, 0.05) is 24.7 Å². The number of carbonyl (C=O) groups is 1. The van der Waals surface area contributed by atoms with E-state index in [0.29, 0.717) is 5.75 Å². The molecule has 140 valence electrons. The highest BCUT2D eigenvalue weighted by Gasteiger charge is 2.18. The highest BCUT2D eigenvalue weighted by molar-refractivity contribution is 7.80. The molecule has 0 aliphatic carbocycles. The summed E-state index contributed by atoms with van der Waals surface area (Å²) >= 11 is 11.3. The quantitative estimate of drug-likeness (QED) is 0.243. The monoisotopic (exact) mass is 404 g/mol. The maximum Gasteiger partial charge on any atom is 0.343 e. The van der Waals surface area contributed by atoms with E-state index in [0.717, 1.165) is 42.5 Å². The van der Waals surface area contributed by atoms with Gasteiger partial charge in [0.05, 0.1) is 10.5 Å². The van der Waals surface area contributed by atoms with Crippen LogP contribution in [0.2, 0.25) is 5.02 Å². The first-order valence-corrected chi connectivity index (χ1v) is 9.30. The molecule has 0 radical (unpaired) electrons. The Kier molecular flexibility index (Phi) is 6.03. The van der Waals surface area contributed by atoms with E-state index in [2.05, 4.69) is 4.90 Å². The summed E-state index contributed by atoms with van der Waals surface area (Å²) in [5.74, 6) is -0.357. The van der Waals surface area contributed by atoms with Gasteiger partial charge in [0.2, 0.25) is 0 Å². The molecular weight excluding hydrogens is 388 g/mol. The summed E-state index contributed by atoms with van der Waals surface area (Å²) in [4.78, 5) is 25.5. The number of nitro groups is 1. The molecule has 1 aliphatic heterocycles. The Balaban J connectivity index is 1.69. The Morgan fingerprint density at radius 2 is 1.70 bits per heavy atom. The Bertz CT molecular complexity index is 880. The number of ether oxygens (including phenoxy) is 1. The molecule has 27 heavy (non-hydrogen) atoms. The number of carbonyl (C=O) groups excluding carboxylic acids is 1. The van der Waals surface area contributed by atoms with Gasteiger partial charge in [0.25, 0.3) is 5.69 Å². The zero-order chi connectivity index (χ0) is 19.4. The Labute approximate surface area is 166 Å². The van der Waals surface area contributed by atoms with E-state index in [1.165, 1.54) is 18.6 Å². The number of piperidine rings is 1. The van der Waals surface area contributed by atoms with E-state index < -0.39 is 10.9 Å². The lowest BCUT2D eigenvalue weighted by Gasteiger charge is -2.29. The first kappa shape index (κ1) is 19.3. The van der Waals surface area contributed by atoms with Crippen LogP contribution in [-0.2, 0) is 0 Å². The van der Waals surface area contributed by atoms with Crippen LogP contribution in [0.1, 0.15) is 35.2 Å². The SMILES string of the molecule is O=C(Oc1ccc(C(=S)N2CCCCC2)cc1)c1ccc(Cl)c([N+](=O)[O-])c1. The predicted octanol–water partition coefficient (Wildman–Crippen LogP) is 4.63. The summed E-state index contributed by atoms with van der Waals surface area (Å²) in [5.41, 5.74) is 0.612. The van der Waals surface area contributed by atoms with Crippen molar-refractivity contribution >= 4 is 40.5 Å². The molecule has 8 heteroatoms. The van der Waals surface area contributed by atoms with Gasteiger partial charge in [-0.15, -0.1) is 0 Å². The summed E-state index contributed by atoms with van der Waals surface area (Å²) in [7, 11) is 0. The highest BCUT2D eigenvalue weighted by Crippen LogP contribution is 2.26. The van der Waals surface area contributed by atoms with Crippen molar-refractivity contribution in [3.63, 3.8) is 0 Å². The summed E-state index contributed by atoms with van der Waals surface area (Å²) in [6.45, 7) is 1.93. The molecule has 2 aromatic carbocycles. The molecule has 1 heterocycles. The van der Waals surface area contributed by atoms with E-state index in [4.69, 9.17) is 28.6 Å². The smallest absolute Gasteiger partial charge is 0.343 e. The molecule has 0 N–H and O–H groups in total. The Morgan fingerprint density at radius 1 is 1.07 bits per heavy atom. The molecule has 0 unspecified atom stereocenters. The van der Waals surface area contributed by atoms with Crippen LogP contribution in [0.4, 0.5) is 5.69 Å². The molecule has 1 fully saturated rings. The number of hydrogen-bond acceptors (Lipinski definition) is 5. The second-order valence-electron chi connectivity index (χ2n) is 6.19. The molecular formula is C19H17ClN2O4S. The van der Waals surface area contributed by atoms with Gasteiger partial charge in [0.15, 0.2) is 0 Å². The number of hydrogen-bond donors (Lipinski definition) is 0. The summed E-state index contributed by atoms with van der Waals surface area (Å²) in [6, 6.07) is 10.7. The zero-order valence-electron chi connectivity index (χ0n) is 14.4. The van der Waals surface area contributed by atoms with Crippen LogP contribution in [0.3, 0.4) is 0 Å². The van der Waals surface area contributed by atoms with Gasteiger partial charge in [-0.2, -0.15) is 0 Å². The van der Waals surface area contributed by atoms with Crippen LogP contribution in [0.25, 0.3) is 0 Å². The summed E-state index contributed by atoms with van der Waals surface area (Å²) in [6.07, 6.45) is 3.52. The maximum absolute atomic E-state index is 12.2. The lowest BCUT2D eigenvalue weighted by Crippen LogP contribution is -2.34. The molecule has 0 spiro atoms. The normalized spacial score (nSPS) is 13.9. The zero-order valence-corrected chi connectivity index (χ0v) is 16.0. The predicted molar refractivity (Wildman–Crippen MR) is 107 cm³/mol. The van der Waals surface area contributed by atoms with Crippen LogP contribution in [0.15, 0.2) is 42.5 Å². The van der Waals surface area contributed by atoms with Crippen molar-refractivity contribution in [2.45, 2.75) is 19.3 Å². The van der Waals surface area contributed by atoms with E-state index in [1.54, 1.807) is 12.1 Å². The standard InChI is InChI=1S/C19H17ClN2O4S/c20-16-9-6-14(12-17(16)22(24)25)19(23)26-15-7-4-13(5-8-15)18(27)21-10-2-1-3-11-21/h4-9,12H,1-3,10-11H2. The minimum absolute atomic E-state index is 0.0351. The fraction of sp³-hybridized carbons (Fsp3) is 0.263. The van der Waals surface area contributed by atoms with Crippen LogP contribution < -0.4 is 4.74 Å². The van der Waals surface area contributed by atoms with Crippen molar-refractivity contribution < 1.29 is 14.5 Å². The number of nitro benzene ring substituents is 1. The van der Waals surface area contributed by atoms with Crippen LogP contribution in [-0.4, -0.2) is 33.9 Å². The third-order valence-corrected chi connectivity index (χ3v) is 5.15. The minimum atomic E-state index is -0.693. The van der Waals surface area contributed by atoms with E-state index in [1.807, 2.05) is 12.1 Å². The van der Waals surface area contributed by atoms with Crippen LogP contribution in [0, 0.1) is 10.1 Å². The van der Waals surface area contributed by atoms with Crippen molar-refractivity contribution in [2.24, 2.45) is 0 Å². The van der Waals surface area contributed by atoms with Gasteiger partial charge in [-0.1, -0.05) is 23.8 Å². The third-order valence-electron chi connectivity index (χ3n) is 4.33. The van der Waals surface area contributed by atoms with Crippen molar-refractivity contribution in [1.82, 2.24) is 4.90 Å².